The van der Waals surface area contributed by atoms with Gasteiger partial charge in [0.25, 0.3) is 0 Å². The smallest absolute Gasteiger partial charge is 0.246 e. The first-order valence-electron chi connectivity index (χ1n) is 10.6. The first-order valence-corrected chi connectivity index (χ1v) is 11.4. The van der Waals surface area contributed by atoms with E-state index in [1.54, 1.807) is 16.2 Å². The molecule has 7 nitrogen and oxygen atoms in total. The van der Waals surface area contributed by atoms with Crippen molar-refractivity contribution in [3.05, 3.63) is 42.1 Å². The van der Waals surface area contributed by atoms with Gasteiger partial charge in [0, 0.05) is 29.9 Å². The molecule has 0 aliphatic carbocycles. The van der Waals surface area contributed by atoms with E-state index in [-0.39, 0.29) is 5.91 Å². The van der Waals surface area contributed by atoms with E-state index in [0.717, 1.165) is 33.9 Å². The average molecular weight is 440 g/mol. The molecule has 1 saturated heterocycles. The van der Waals surface area contributed by atoms with E-state index < -0.39 is 5.60 Å². The van der Waals surface area contributed by atoms with Crippen LogP contribution < -0.4 is 10.1 Å². The molecule has 3 aromatic heterocycles. The third-order valence-electron chi connectivity index (χ3n) is 5.42. The van der Waals surface area contributed by atoms with Crippen molar-refractivity contribution >= 4 is 39.1 Å². The van der Waals surface area contributed by atoms with Gasteiger partial charge in [-0.2, -0.15) is 4.98 Å². The van der Waals surface area contributed by atoms with Gasteiger partial charge >= 0.3 is 0 Å². The number of hydrogen-bond donors (Lipinski definition) is 1. The van der Waals surface area contributed by atoms with E-state index >= 15 is 0 Å². The maximum atomic E-state index is 11.9. The van der Waals surface area contributed by atoms with Crippen LogP contribution in [-0.2, 0) is 11.3 Å². The number of pyridine rings is 1. The molecule has 1 aliphatic heterocycles. The van der Waals surface area contributed by atoms with Crippen molar-refractivity contribution in [1.29, 1.82) is 0 Å². The second-order valence-electron chi connectivity index (χ2n) is 8.79. The minimum Gasteiger partial charge on any atom is -0.467 e. The van der Waals surface area contributed by atoms with Gasteiger partial charge in [-0.25, -0.2) is 4.98 Å². The van der Waals surface area contributed by atoms with Crippen LogP contribution in [0.3, 0.4) is 0 Å². The van der Waals surface area contributed by atoms with Crippen molar-refractivity contribution in [2.24, 2.45) is 5.92 Å². The lowest BCUT2D eigenvalue weighted by Crippen LogP contribution is -2.64. The van der Waals surface area contributed by atoms with Gasteiger partial charge in [-0.1, -0.05) is 20.4 Å². The van der Waals surface area contributed by atoms with Crippen LogP contribution in [0, 0.1) is 12.8 Å². The van der Waals surface area contributed by atoms with Crippen molar-refractivity contribution in [3.63, 3.8) is 0 Å². The van der Waals surface area contributed by atoms with Crippen LogP contribution in [0.4, 0.5) is 10.9 Å². The largest absolute Gasteiger partial charge is 0.467 e. The normalized spacial score (nSPS) is 15.2. The fraction of sp³-hybridized carbons (Fsp3) is 0.435. The molecule has 0 bridgehead atoms. The minimum atomic E-state index is -0.477. The molecule has 1 fully saturated rings. The minimum absolute atomic E-state index is 0.0754. The number of fused-ring (bicyclic) bond motifs is 1. The van der Waals surface area contributed by atoms with E-state index in [9.17, 15) is 4.79 Å². The Morgan fingerprint density at radius 1 is 1.45 bits per heavy atom. The number of hydrogen-bond acceptors (Lipinski definition) is 6. The second kappa shape index (κ2) is 8.34. The Bertz CT molecular complexity index is 1110. The summed E-state index contributed by atoms with van der Waals surface area (Å²) in [6.45, 7) is 14.0. The number of anilines is 2. The molecule has 0 radical (unpaired) electrons. The van der Waals surface area contributed by atoms with E-state index in [1.165, 1.54) is 6.08 Å². The maximum absolute atomic E-state index is 11.9. The zero-order valence-electron chi connectivity index (χ0n) is 18.5. The zero-order chi connectivity index (χ0) is 22.2. The Morgan fingerprint density at radius 3 is 2.87 bits per heavy atom. The molecule has 4 rings (SSSR count). The molecule has 164 valence electrons. The first-order chi connectivity index (χ1) is 14.8. The molecule has 8 heteroatoms. The topological polar surface area (TPSA) is 72.3 Å². The van der Waals surface area contributed by atoms with Crippen LogP contribution in [-0.4, -0.2) is 44.0 Å². The van der Waals surface area contributed by atoms with Crippen molar-refractivity contribution < 1.29 is 9.53 Å². The van der Waals surface area contributed by atoms with Gasteiger partial charge in [0.1, 0.15) is 11.4 Å². The number of aryl methyl sites for hydroxylation is 2. The van der Waals surface area contributed by atoms with Crippen LogP contribution in [0.5, 0.6) is 5.88 Å². The monoisotopic (exact) mass is 439 g/mol. The Hall–Kier alpha value is -2.87. The van der Waals surface area contributed by atoms with E-state index in [2.05, 4.69) is 53.6 Å². The number of rotatable bonds is 8. The summed E-state index contributed by atoms with van der Waals surface area (Å²) in [7, 11) is 0. The molecular weight excluding hydrogens is 410 g/mol. The van der Waals surface area contributed by atoms with Crippen LogP contribution in [0.15, 0.2) is 37.2 Å². The van der Waals surface area contributed by atoms with Gasteiger partial charge in [0.15, 0.2) is 5.13 Å². The molecule has 0 saturated carbocycles. The average Bonchev–Trinajstić information content (AvgIpc) is 3.29. The molecule has 0 unspecified atom stereocenters. The Kier molecular flexibility index (Phi) is 5.75. The number of nitrogens with one attached hydrogen (secondary N) is 1. The summed E-state index contributed by atoms with van der Waals surface area (Å²) in [5.74, 6) is 1.81. The predicted octanol–water partition coefficient (Wildman–Crippen LogP) is 4.76. The summed E-state index contributed by atoms with van der Waals surface area (Å²) in [5.41, 5.74) is 0.595. The van der Waals surface area contributed by atoms with Gasteiger partial charge in [-0.05, 0) is 38.3 Å². The highest BCUT2D eigenvalue weighted by atomic mass is 32.1. The maximum Gasteiger partial charge on any atom is 0.246 e. The molecule has 1 N–H and O–H groups in total. The van der Waals surface area contributed by atoms with Crippen LogP contribution in [0.1, 0.15) is 32.1 Å². The lowest BCUT2D eigenvalue weighted by atomic mass is 9.96. The molecule has 1 aliphatic rings. The highest BCUT2D eigenvalue weighted by molar-refractivity contribution is 7.15. The summed E-state index contributed by atoms with van der Waals surface area (Å²) in [4.78, 5) is 23.9. The number of carbonyl (C=O) groups excluding carboxylic acids is 1. The Morgan fingerprint density at radius 2 is 2.23 bits per heavy atom. The van der Waals surface area contributed by atoms with E-state index in [1.807, 2.05) is 20.0 Å². The number of nitrogens with zero attached hydrogens (tertiary/aromatic N) is 4. The number of likely N-dealkylation sites (tertiary alicyclic amines) is 1. The molecule has 4 heterocycles. The van der Waals surface area contributed by atoms with Crippen LogP contribution in [0.2, 0.25) is 0 Å². The summed E-state index contributed by atoms with van der Waals surface area (Å²) in [5, 5.41) is 5.09. The highest BCUT2D eigenvalue weighted by Crippen LogP contribution is 2.35. The zero-order valence-corrected chi connectivity index (χ0v) is 19.3. The third-order valence-corrected chi connectivity index (χ3v) is 6.24. The fourth-order valence-electron chi connectivity index (χ4n) is 3.76. The van der Waals surface area contributed by atoms with Crippen molar-refractivity contribution in [1.82, 2.24) is 19.4 Å². The Balaban J connectivity index is 1.65. The van der Waals surface area contributed by atoms with Gasteiger partial charge < -0.3 is 19.5 Å². The van der Waals surface area contributed by atoms with Crippen molar-refractivity contribution in [2.75, 3.05) is 18.4 Å². The molecule has 1 amide bonds. The third kappa shape index (κ3) is 4.58. The molecule has 31 heavy (non-hydrogen) atoms. The van der Waals surface area contributed by atoms with Gasteiger partial charge in [-0.15, -0.1) is 11.3 Å². The standard InChI is InChI=1S/C23H29N5O2S/c1-6-20(29)28-13-23(5,14-28)30-21-17-8-10-27(9-7-15(2)3)18(17)11-19(25-21)26-22-24-12-16(4)31-22/h6,8,10-12,15H,1,7,9,13-14H2,2-5H3,(H,24,25,26). The molecule has 3 aromatic rings. The number of ether oxygens (including phenoxy) is 1. The second-order valence-corrected chi connectivity index (χ2v) is 10.0. The van der Waals surface area contributed by atoms with Crippen LogP contribution in [0.25, 0.3) is 10.9 Å². The molecular formula is C23H29N5O2S. The van der Waals surface area contributed by atoms with Gasteiger partial charge in [0.05, 0.1) is 24.0 Å². The highest BCUT2D eigenvalue weighted by Gasteiger charge is 2.43. The van der Waals surface area contributed by atoms with Gasteiger partial charge in [0.2, 0.25) is 11.8 Å². The number of carbonyl (C=O) groups is 1. The van der Waals surface area contributed by atoms with Crippen LogP contribution >= 0.6 is 11.3 Å². The van der Waals surface area contributed by atoms with Crippen molar-refractivity contribution in [2.45, 2.75) is 46.3 Å². The fourth-order valence-corrected chi connectivity index (χ4v) is 4.43. The Labute approximate surface area is 186 Å². The molecule has 0 spiro atoms. The summed E-state index contributed by atoms with van der Waals surface area (Å²) in [6, 6.07) is 4.11. The van der Waals surface area contributed by atoms with Gasteiger partial charge in [-0.3, -0.25) is 4.79 Å². The lowest BCUT2D eigenvalue weighted by molar-refractivity contribution is -0.143. The van der Waals surface area contributed by atoms with E-state index in [0.29, 0.717) is 30.7 Å². The summed E-state index contributed by atoms with van der Waals surface area (Å²) >= 11 is 1.59. The summed E-state index contributed by atoms with van der Waals surface area (Å²) in [6.07, 6.45) is 6.36. The van der Waals surface area contributed by atoms with Crippen molar-refractivity contribution in [3.8, 4) is 5.88 Å². The number of amides is 1. The predicted molar refractivity (Wildman–Crippen MR) is 125 cm³/mol. The lowest BCUT2D eigenvalue weighted by Gasteiger charge is -2.46. The molecule has 0 atom stereocenters. The number of aromatic nitrogens is 3. The summed E-state index contributed by atoms with van der Waals surface area (Å²) < 4.78 is 8.64. The quantitative estimate of drug-likeness (QED) is 0.513. The molecule has 0 aromatic carbocycles. The van der Waals surface area contributed by atoms with E-state index in [4.69, 9.17) is 9.72 Å². The SMILES string of the molecule is C=CC(=O)N1CC(C)(Oc2nc(Nc3ncc(C)s3)cc3c2ccn3CCC(C)C)C1. The first kappa shape index (κ1) is 21.4. The number of thiazole rings is 1.